The topological polar surface area (TPSA) is 41.6 Å². The molecule has 1 aliphatic heterocycles. The summed E-state index contributed by atoms with van der Waals surface area (Å²) < 4.78 is 5.78. The molecule has 1 saturated heterocycles. The fourth-order valence-corrected chi connectivity index (χ4v) is 2.97. The molecular weight excluding hydrogens is 276 g/mol. The molecule has 22 heavy (non-hydrogen) atoms. The molecule has 4 nitrogen and oxygen atoms in total. The van der Waals surface area contributed by atoms with Gasteiger partial charge in [0.25, 0.3) is 5.91 Å². The van der Waals surface area contributed by atoms with Gasteiger partial charge >= 0.3 is 0 Å². The van der Waals surface area contributed by atoms with Gasteiger partial charge in [0.1, 0.15) is 5.75 Å². The van der Waals surface area contributed by atoms with Gasteiger partial charge in [-0.1, -0.05) is 36.4 Å². The standard InChI is InChI=1S/C18H22N2O2/c1-19-15-9-11-20(12-10-15)18(21)13-22-17-8-4-6-14-5-2-3-7-16(14)17/h2-8,15,19H,9-13H2,1H3. The van der Waals surface area contributed by atoms with Gasteiger partial charge in [-0.3, -0.25) is 4.79 Å². The van der Waals surface area contributed by atoms with Crippen LogP contribution in [0.2, 0.25) is 0 Å². The molecule has 0 aromatic heterocycles. The third-order valence-corrected chi connectivity index (χ3v) is 4.36. The number of fused-ring (bicyclic) bond motifs is 1. The Bertz CT molecular complexity index is 643. The van der Waals surface area contributed by atoms with E-state index in [0.717, 1.165) is 42.5 Å². The summed E-state index contributed by atoms with van der Waals surface area (Å²) in [5.41, 5.74) is 0. The molecule has 4 heteroatoms. The van der Waals surface area contributed by atoms with E-state index in [1.54, 1.807) is 0 Å². The van der Waals surface area contributed by atoms with Gasteiger partial charge < -0.3 is 15.0 Å². The highest BCUT2D eigenvalue weighted by Crippen LogP contribution is 2.25. The number of piperidine rings is 1. The Hall–Kier alpha value is -2.07. The number of nitrogens with zero attached hydrogens (tertiary/aromatic N) is 1. The SMILES string of the molecule is CNC1CCN(C(=O)COc2cccc3ccccc23)CC1. The van der Waals surface area contributed by atoms with Crippen molar-refractivity contribution in [2.75, 3.05) is 26.7 Å². The molecule has 1 aliphatic rings. The first kappa shape index (κ1) is 14.9. The lowest BCUT2D eigenvalue weighted by Gasteiger charge is -2.31. The molecule has 1 amide bonds. The van der Waals surface area contributed by atoms with Crippen LogP contribution in [-0.4, -0.2) is 43.6 Å². The summed E-state index contributed by atoms with van der Waals surface area (Å²) in [6.45, 7) is 1.73. The molecule has 0 aliphatic carbocycles. The van der Waals surface area contributed by atoms with E-state index in [0.29, 0.717) is 6.04 Å². The number of nitrogens with one attached hydrogen (secondary N) is 1. The summed E-state index contributed by atoms with van der Waals surface area (Å²) >= 11 is 0. The number of hydrogen-bond acceptors (Lipinski definition) is 3. The van der Waals surface area contributed by atoms with Crippen LogP contribution >= 0.6 is 0 Å². The van der Waals surface area contributed by atoms with Gasteiger partial charge in [0.2, 0.25) is 0 Å². The maximum absolute atomic E-state index is 12.3. The van der Waals surface area contributed by atoms with E-state index in [9.17, 15) is 4.79 Å². The quantitative estimate of drug-likeness (QED) is 0.942. The molecule has 0 bridgehead atoms. The number of ether oxygens (including phenoxy) is 1. The highest BCUT2D eigenvalue weighted by Gasteiger charge is 2.22. The largest absolute Gasteiger partial charge is 0.483 e. The fourth-order valence-electron chi connectivity index (χ4n) is 2.97. The summed E-state index contributed by atoms with van der Waals surface area (Å²) in [4.78, 5) is 14.2. The number of rotatable bonds is 4. The monoisotopic (exact) mass is 298 g/mol. The summed E-state index contributed by atoms with van der Waals surface area (Å²) in [7, 11) is 1.98. The number of carbonyl (C=O) groups is 1. The van der Waals surface area contributed by atoms with Crippen molar-refractivity contribution in [3.05, 3.63) is 42.5 Å². The van der Waals surface area contributed by atoms with Gasteiger partial charge in [-0.25, -0.2) is 0 Å². The minimum absolute atomic E-state index is 0.0717. The lowest BCUT2D eigenvalue weighted by atomic mass is 10.1. The van der Waals surface area contributed by atoms with E-state index < -0.39 is 0 Å². The van der Waals surface area contributed by atoms with Gasteiger partial charge in [0.05, 0.1) is 0 Å². The van der Waals surface area contributed by atoms with Crippen LogP contribution in [0.4, 0.5) is 0 Å². The zero-order chi connectivity index (χ0) is 15.4. The molecular formula is C18H22N2O2. The van der Waals surface area contributed by atoms with Crippen molar-refractivity contribution < 1.29 is 9.53 Å². The minimum Gasteiger partial charge on any atom is -0.483 e. The van der Waals surface area contributed by atoms with Crippen LogP contribution in [0, 0.1) is 0 Å². The predicted molar refractivity (Wildman–Crippen MR) is 88.1 cm³/mol. The van der Waals surface area contributed by atoms with E-state index in [2.05, 4.69) is 5.32 Å². The van der Waals surface area contributed by atoms with E-state index in [1.807, 2.05) is 54.4 Å². The fraction of sp³-hybridized carbons (Fsp3) is 0.389. The molecule has 3 rings (SSSR count). The molecule has 1 fully saturated rings. The van der Waals surface area contributed by atoms with E-state index in [1.165, 1.54) is 0 Å². The Labute approximate surface area is 131 Å². The molecule has 2 aromatic carbocycles. The molecule has 1 N–H and O–H groups in total. The summed E-state index contributed by atoms with van der Waals surface area (Å²) in [6.07, 6.45) is 2.02. The summed E-state index contributed by atoms with van der Waals surface area (Å²) in [5, 5.41) is 5.45. The van der Waals surface area contributed by atoms with E-state index in [4.69, 9.17) is 4.74 Å². The molecule has 116 valence electrons. The first-order valence-electron chi connectivity index (χ1n) is 7.83. The predicted octanol–water partition coefficient (Wildman–Crippen LogP) is 2.43. The van der Waals surface area contributed by atoms with E-state index in [-0.39, 0.29) is 12.5 Å². The second kappa shape index (κ2) is 6.79. The zero-order valence-corrected chi connectivity index (χ0v) is 12.9. The first-order valence-corrected chi connectivity index (χ1v) is 7.83. The maximum atomic E-state index is 12.3. The van der Waals surface area contributed by atoms with Gasteiger partial charge in [0, 0.05) is 24.5 Å². The highest BCUT2D eigenvalue weighted by atomic mass is 16.5. The third kappa shape index (κ3) is 3.22. The Balaban J connectivity index is 1.61. The Morgan fingerprint density at radius 3 is 2.68 bits per heavy atom. The van der Waals surface area contributed by atoms with Crippen LogP contribution in [0.15, 0.2) is 42.5 Å². The highest BCUT2D eigenvalue weighted by molar-refractivity contribution is 5.88. The van der Waals surface area contributed by atoms with Gasteiger partial charge in [-0.2, -0.15) is 0 Å². The number of amides is 1. The summed E-state index contributed by atoms with van der Waals surface area (Å²) in [6, 6.07) is 14.5. The molecule has 1 heterocycles. The van der Waals surface area contributed by atoms with Crippen molar-refractivity contribution >= 4 is 16.7 Å². The van der Waals surface area contributed by atoms with Crippen molar-refractivity contribution in [2.45, 2.75) is 18.9 Å². The Morgan fingerprint density at radius 1 is 1.18 bits per heavy atom. The van der Waals surface area contributed by atoms with Crippen LogP contribution in [0.3, 0.4) is 0 Å². The Morgan fingerprint density at radius 2 is 1.91 bits per heavy atom. The lowest BCUT2D eigenvalue weighted by Crippen LogP contribution is -2.45. The maximum Gasteiger partial charge on any atom is 0.260 e. The van der Waals surface area contributed by atoms with E-state index >= 15 is 0 Å². The first-order chi connectivity index (χ1) is 10.8. The van der Waals surface area contributed by atoms with Crippen molar-refractivity contribution in [1.82, 2.24) is 10.2 Å². The number of likely N-dealkylation sites (tertiary alicyclic amines) is 1. The molecule has 0 spiro atoms. The van der Waals surface area contributed by atoms with Crippen LogP contribution in [0.25, 0.3) is 10.8 Å². The minimum atomic E-state index is 0.0717. The van der Waals surface area contributed by atoms with Gasteiger partial charge in [-0.05, 0) is 31.3 Å². The average Bonchev–Trinajstić information content (AvgIpc) is 2.59. The number of carbonyl (C=O) groups excluding carboxylic acids is 1. The van der Waals surface area contributed by atoms with Crippen molar-refractivity contribution in [1.29, 1.82) is 0 Å². The van der Waals surface area contributed by atoms with Crippen LogP contribution in [-0.2, 0) is 4.79 Å². The normalized spacial score (nSPS) is 16.0. The van der Waals surface area contributed by atoms with Crippen molar-refractivity contribution in [2.24, 2.45) is 0 Å². The summed E-state index contributed by atoms with van der Waals surface area (Å²) in [5.74, 6) is 0.846. The van der Waals surface area contributed by atoms with Crippen molar-refractivity contribution in [3.63, 3.8) is 0 Å². The molecule has 0 saturated carbocycles. The van der Waals surface area contributed by atoms with Crippen LogP contribution in [0.5, 0.6) is 5.75 Å². The Kier molecular flexibility index (Phi) is 4.59. The molecule has 0 unspecified atom stereocenters. The molecule has 2 aromatic rings. The third-order valence-electron chi connectivity index (χ3n) is 4.36. The number of benzene rings is 2. The van der Waals surface area contributed by atoms with Crippen LogP contribution < -0.4 is 10.1 Å². The average molecular weight is 298 g/mol. The number of hydrogen-bond donors (Lipinski definition) is 1. The molecule has 0 radical (unpaired) electrons. The lowest BCUT2D eigenvalue weighted by molar-refractivity contribution is -0.134. The van der Waals surface area contributed by atoms with Gasteiger partial charge in [-0.15, -0.1) is 0 Å². The zero-order valence-electron chi connectivity index (χ0n) is 12.9. The van der Waals surface area contributed by atoms with Crippen LogP contribution in [0.1, 0.15) is 12.8 Å². The van der Waals surface area contributed by atoms with Gasteiger partial charge in [0.15, 0.2) is 6.61 Å². The second-order valence-corrected chi connectivity index (χ2v) is 5.71. The molecule has 0 atom stereocenters. The van der Waals surface area contributed by atoms with Crippen molar-refractivity contribution in [3.8, 4) is 5.75 Å². The smallest absolute Gasteiger partial charge is 0.260 e. The second-order valence-electron chi connectivity index (χ2n) is 5.71.